The Hall–Kier alpha value is -3.96. The van der Waals surface area contributed by atoms with Crippen molar-refractivity contribution in [1.82, 2.24) is 30.0 Å². The molecule has 10 nitrogen and oxygen atoms in total. The van der Waals surface area contributed by atoms with Gasteiger partial charge in [-0.05, 0) is 61.1 Å². The van der Waals surface area contributed by atoms with Gasteiger partial charge in [0.15, 0.2) is 11.0 Å². The van der Waals surface area contributed by atoms with Crippen LogP contribution in [-0.4, -0.2) is 69.2 Å². The minimum Gasteiger partial charge on any atom is -0.338 e. The van der Waals surface area contributed by atoms with Crippen molar-refractivity contribution in [3.05, 3.63) is 71.9 Å². The van der Waals surface area contributed by atoms with Crippen LogP contribution in [-0.2, 0) is 0 Å². The number of rotatable bonds is 8. The van der Waals surface area contributed by atoms with Gasteiger partial charge >= 0.3 is 0 Å². The molecular weight excluding hydrogens is 498 g/mol. The van der Waals surface area contributed by atoms with E-state index in [9.17, 15) is 4.79 Å². The monoisotopic (exact) mass is 529 g/mol. The maximum Gasteiger partial charge on any atom is 0.255 e. The van der Waals surface area contributed by atoms with E-state index in [-0.39, 0.29) is 5.91 Å². The molecule has 0 aliphatic carbocycles. The predicted molar refractivity (Wildman–Crippen MR) is 150 cm³/mol. The van der Waals surface area contributed by atoms with Gasteiger partial charge in [0.05, 0.1) is 0 Å². The summed E-state index contributed by atoms with van der Waals surface area (Å²) in [7, 11) is 2.12. The number of aromatic nitrogens is 5. The van der Waals surface area contributed by atoms with Crippen LogP contribution in [0.15, 0.2) is 70.7 Å². The molecule has 2 aromatic carbocycles. The quantitative estimate of drug-likeness (QED) is 0.301. The Morgan fingerprint density at radius 2 is 1.71 bits per heavy atom. The van der Waals surface area contributed by atoms with Gasteiger partial charge in [0.1, 0.15) is 0 Å². The van der Waals surface area contributed by atoms with E-state index in [0.717, 1.165) is 42.5 Å². The zero-order valence-corrected chi connectivity index (χ0v) is 22.5. The Balaban J connectivity index is 1.34. The number of nitrogens with one attached hydrogen (secondary N) is 3. The SMILES string of the molecule is CC(C)c1cc(Nc2nc(Sc3ccc(C(=O)Nc4ccccc4)cc3)nc(N3CCN(C)CC3)n2)n[nH]1. The molecule has 2 aromatic heterocycles. The number of hydrogen-bond donors (Lipinski definition) is 3. The Kier molecular flexibility index (Phi) is 7.85. The number of para-hydroxylation sites is 1. The third-order valence-electron chi connectivity index (χ3n) is 6.21. The molecule has 0 atom stereocenters. The van der Waals surface area contributed by atoms with E-state index in [0.29, 0.717) is 34.4 Å². The van der Waals surface area contributed by atoms with Crippen molar-refractivity contribution in [3.8, 4) is 0 Å². The van der Waals surface area contributed by atoms with Crippen LogP contribution >= 0.6 is 11.8 Å². The lowest BCUT2D eigenvalue weighted by Gasteiger charge is -2.32. The van der Waals surface area contributed by atoms with Gasteiger partial charge in [-0.1, -0.05) is 32.0 Å². The molecule has 0 spiro atoms. The van der Waals surface area contributed by atoms with Gasteiger partial charge in [0.2, 0.25) is 11.9 Å². The van der Waals surface area contributed by atoms with Gasteiger partial charge in [-0.15, -0.1) is 0 Å². The lowest BCUT2D eigenvalue weighted by atomic mass is 10.1. The van der Waals surface area contributed by atoms with Crippen LogP contribution in [0.4, 0.5) is 23.4 Å². The summed E-state index contributed by atoms with van der Waals surface area (Å²) < 4.78 is 0. The minimum absolute atomic E-state index is 0.156. The highest BCUT2D eigenvalue weighted by Gasteiger charge is 2.19. The molecule has 0 saturated carbocycles. The van der Waals surface area contributed by atoms with Gasteiger partial charge in [-0.25, -0.2) is 0 Å². The molecule has 4 aromatic rings. The van der Waals surface area contributed by atoms with Gasteiger partial charge in [0.25, 0.3) is 5.91 Å². The van der Waals surface area contributed by atoms with E-state index in [1.807, 2.05) is 48.5 Å². The summed E-state index contributed by atoms with van der Waals surface area (Å²) in [6.07, 6.45) is 0. The van der Waals surface area contributed by atoms with Crippen molar-refractivity contribution < 1.29 is 4.79 Å². The summed E-state index contributed by atoms with van der Waals surface area (Å²) >= 11 is 1.43. The number of aromatic amines is 1. The smallest absolute Gasteiger partial charge is 0.255 e. The van der Waals surface area contributed by atoms with E-state index < -0.39 is 0 Å². The number of H-pyrrole nitrogens is 1. The number of hydrogen-bond acceptors (Lipinski definition) is 9. The summed E-state index contributed by atoms with van der Waals surface area (Å²) in [5.41, 5.74) is 2.37. The summed E-state index contributed by atoms with van der Waals surface area (Å²) in [6.45, 7) is 7.79. The van der Waals surface area contributed by atoms with Crippen molar-refractivity contribution in [2.24, 2.45) is 0 Å². The fourth-order valence-corrected chi connectivity index (χ4v) is 4.65. The van der Waals surface area contributed by atoms with Crippen molar-refractivity contribution >= 4 is 41.1 Å². The summed E-state index contributed by atoms with van der Waals surface area (Å²) in [5, 5.41) is 14.1. The van der Waals surface area contributed by atoms with Crippen LogP contribution in [0, 0.1) is 0 Å². The van der Waals surface area contributed by atoms with Crippen molar-refractivity contribution in [1.29, 1.82) is 0 Å². The van der Waals surface area contributed by atoms with E-state index in [2.05, 4.69) is 56.5 Å². The summed E-state index contributed by atoms with van der Waals surface area (Å²) in [5.74, 6) is 1.92. The minimum atomic E-state index is -0.156. The Labute approximate surface area is 226 Å². The Bertz CT molecular complexity index is 1370. The van der Waals surface area contributed by atoms with Crippen LogP contribution in [0.3, 0.4) is 0 Å². The van der Waals surface area contributed by atoms with Gasteiger partial charge in [-0.2, -0.15) is 20.1 Å². The molecule has 3 N–H and O–H groups in total. The van der Waals surface area contributed by atoms with Crippen LogP contribution in [0.2, 0.25) is 0 Å². The molecule has 196 valence electrons. The molecule has 1 amide bonds. The second kappa shape index (κ2) is 11.6. The fraction of sp³-hybridized carbons (Fsp3) is 0.296. The van der Waals surface area contributed by atoms with Crippen LogP contribution in [0.5, 0.6) is 0 Å². The van der Waals surface area contributed by atoms with Crippen LogP contribution < -0.4 is 15.5 Å². The van der Waals surface area contributed by atoms with E-state index in [4.69, 9.17) is 9.97 Å². The molecule has 1 fully saturated rings. The molecule has 1 saturated heterocycles. The summed E-state index contributed by atoms with van der Waals surface area (Å²) in [6, 6.07) is 18.8. The zero-order chi connectivity index (χ0) is 26.5. The first kappa shape index (κ1) is 25.7. The molecular formula is C27H31N9OS. The molecule has 5 rings (SSSR count). The van der Waals surface area contributed by atoms with Gasteiger partial charge < -0.3 is 20.4 Å². The number of anilines is 4. The predicted octanol–water partition coefficient (Wildman–Crippen LogP) is 4.62. The van der Waals surface area contributed by atoms with E-state index in [1.165, 1.54) is 11.8 Å². The highest BCUT2D eigenvalue weighted by molar-refractivity contribution is 7.99. The average molecular weight is 530 g/mol. The Morgan fingerprint density at radius 1 is 0.974 bits per heavy atom. The number of nitrogens with zero attached hydrogens (tertiary/aromatic N) is 6. The number of likely N-dealkylation sites (N-methyl/N-ethyl adjacent to an activating group) is 1. The van der Waals surface area contributed by atoms with Gasteiger partial charge in [0, 0.05) is 54.1 Å². The third-order valence-corrected chi connectivity index (χ3v) is 7.08. The standard InChI is InChI=1S/C27H31N9OS/c1-18(2)22-17-23(34-33-22)29-25-30-26(36-15-13-35(3)14-16-36)32-27(31-25)38-21-11-9-19(10-12-21)24(37)28-20-7-5-4-6-8-20/h4-12,17-18H,13-16H2,1-3H3,(H,28,37)(H2,29,30,31,32,33,34). The summed E-state index contributed by atoms with van der Waals surface area (Å²) in [4.78, 5) is 32.1. The largest absolute Gasteiger partial charge is 0.338 e. The molecule has 1 aliphatic rings. The first-order chi connectivity index (χ1) is 18.4. The van der Waals surface area contributed by atoms with Crippen LogP contribution in [0.25, 0.3) is 0 Å². The number of amides is 1. The first-order valence-corrected chi connectivity index (χ1v) is 13.4. The molecule has 0 unspecified atom stereocenters. The highest BCUT2D eigenvalue weighted by atomic mass is 32.2. The number of carbonyl (C=O) groups excluding carboxylic acids is 1. The highest BCUT2D eigenvalue weighted by Crippen LogP contribution is 2.28. The first-order valence-electron chi connectivity index (χ1n) is 12.6. The maximum atomic E-state index is 12.6. The second-order valence-corrected chi connectivity index (χ2v) is 10.5. The number of carbonyl (C=O) groups is 1. The normalized spacial score (nSPS) is 14.1. The van der Waals surface area contributed by atoms with Crippen LogP contribution in [0.1, 0.15) is 35.8 Å². The lowest BCUT2D eigenvalue weighted by Crippen LogP contribution is -2.45. The molecule has 3 heterocycles. The topological polar surface area (TPSA) is 115 Å². The van der Waals surface area contributed by atoms with E-state index in [1.54, 1.807) is 12.1 Å². The van der Waals surface area contributed by atoms with Crippen molar-refractivity contribution in [3.63, 3.8) is 0 Å². The average Bonchev–Trinajstić information content (AvgIpc) is 3.39. The second-order valence-electron chi connectivity index (χ2n) is 9.47. The number of piperazine rings is 1. The molecule has 0 radical (unpaired) electrons. The molecule has 1 aliphatic heterocycles. The van der Waals surface area contributed by atoms with Gasteiger partial charge in [-0.3, -0.25) is 9.89 Å². The van der Waals surface area contributed by atoms with E-state index >= 15 is 0 Å². The molecule has 38 heavy (non-hydrogen) atoms. The van der Waals surface area contributed by atoms with Crippen molar-refractivity contribution in [2.45, 2.75) is 29.8 Å². The fourth-order valence-electron chi connectivity index (χ4n) is 3.91. The zero-order valence-electron chi connectivity index (χ0n) is 21.7. The third kappa shape index (κ3) is 6.48. The van der Waals surface area contributed by atoms with Crippen molar-refractivity contribution in [2.75, 3.05) is 48.8 Å². The number of benzene rings is 2. The molecule has 11 heteroatoms. The lowest BCUT2D eigenvalue weighted by molar-refractivity contribution is 0.102. The maximum absolute atomic E-state index is 12.6. The molecule has 0 bridgehead atoms. The Morgan fingerprint density at radius 3 is 2.39 bits per heavy atom.